The van der Waals surface area contributed by atoms with E-state index in [2.05, 4.69) is 12.2 Å². The van der Waals surface area contributed by atoms with E-state index in [0.29, 0.717) is 12.3 Å². The summed E-state index contributed by atoms with van der Waals surface area (Å²) in [5.41, 5.74) is 1.82. The minimum absolute atomic E-state index is 0.160. The quantitative estimate of drug-likeness (QED) is 0.877. The third kappa shape index (κ3) is 4.91. The maximum absolute atomic E-state index is 12.7. The number of hydrogen-bond donors (Lipinski definition) is 1. The van der Waals surface area contributed by atoms with Crippen LogP contribution in [0.1, 0.15) is 18.9 Å². The molecule has 0 aliphatic heterocycles. The first kappa shape index (κ1) is 15.0. The lowest BCUT2D eigenvalue weighted by Gasteiger charge is -2.08. The highest BCUT2D eigenvalue weighted by Crippen LogP contribution is 2.13. The van der Waals surface area contributed by atoms with Crippen molar-refractivity contribution in [3.63, 3.8) is 0 Å². The van der Waals surface area contributed by atoms with Gasteiger partial charge >= 0.3 is 0 Å². The number of hydrogen-bond acceptors (Lipinski definition) is 2. The van der Waals surface area contributed by atoms with Crippen LogP contribution in [0.3, 0.4) is 0 Å². The molecule has 1 N–H and O–H groups in total. The van der Waals surface area contributed by atoms with E-state index in [1.807, 2.05) is 24.3 Å². The maximum Gasteiger partial charge on any atom is 0.227 e. The number of amides is 1. The van der Waals surface area contributed by atoms with E-state index in [4.69, 9.17) is 4.74 Å². The van der Waals surface area contributed by atoms with Crippen molar-refractivity contribution in [2.24, 2.45) is 0 Å². The molecule has 0 atom stereocenters. The molecular weight excluding hydrogens is 269 g/mol. The molecule has 3 nitrogen and oxygen atoms in total. The SMILES string of the molecule is CCc1ccc(OCCC(=O)Nc2ccc(F)cc2)cc1. The lowest BCUT2D eigenvalue weighted by atomic mass is 10.2. The monoisotopic (exact) mass is 287 g/mol. The highest BCUT2D eigenvalue weighted by atomic mass is 19.1. The fourth-order valence-corrected chi connectivity index (χ4v) is 1.84. The van der Waals surface area contributed by atoms with Crippen molar-refractivity contribution in [1.29, 1.82) is 0 Å². The Morgan fingerprint density at radius 1 is 1.10 bits per heavy atom. The van der Waals surface area contributed by atoms with Gasteiger partial charge in [0.15, 0.2) is 0 Å². The molecule has 0 aliphatic carbocycles. The van der Waals surface area contributed by atoms with Gasteiger partial charge in [-0.2, -0.15) is 0 Å². The van der Waals surface area contributed by atoms with Gasteiger partial charge in [-0.25, -0.2) is 4.39 Å². The number of aryl methyl sites for hydroxylation is 1. The second-order valence-corrected chi connectivity index (χ2v) is 4.65. The van der Waals surface area contributed by atoms with E-state index >= 15 is 0 Å². The molecule has 2 rings (SSSR count). The van der Waals surface area contributed by atoms with Crippen LogP contribution in [0.4, 0.5) is 10.1 Å². The molecule has 0 saturated heterocycles. The van der Waals surface area contributed by atoms with E-state index in [1.54, 1.807) is 0 Å². The Balaban J connectivity index is 1.74. The van der Waals surface area contributed by atoms with Gasteiger partial charge in [-0.3, -0.25) is 4.79 Å². The summed E-state index contributed by atoms with van der Waals surface area (Å²) in [5, 5.41) is 2.69. The number of ether oxygens (including phenoxy) is 1. The van der Waals surface area contributed by atoms with Gasteiger partial charge in [0, 0.05) is 5.69 Å². The standard InChI is InChI=1S/C17H18FNO2/c1-2-13-3-9-16(10-4-13)21-12-11-17(20)19-15-7-5-14(18)6-8-15/h3-10H,2,11-12H2,1H3,(H,19,20). The molecule has 4 heteroatoms. The fraction of sp³-hybridized carbons (Fsp3) is 0.235. The smallest absolute Gasteiger partial charge is 0.227 e. The summed E-state index contributed by atoms with van der Waals surface area (Å²) < 4.78 is 18.2. The summed E-state index contributed by atoms with van der Waals surface area (Å²) in [7, 11) is 0. The molecule has 21 heavy (non-hydrogen) atoms. The number of carbonyl (C=O) groups is 1. The van der Waals surface area contributed by atoms with Gasteiger partial charge in [-0.05, 0) is 48.4 Å². The molecule has 0 radical (unpaired) electrons. The normalized spacial score (nSPS) is 10.2. The summed E-state index contributed by atoms with van der Waals surface area (Å²) in [6.45, 7) is 2.40. The predicted molar refractivity (Wildman–Crippen MR) is 81.0 cm³/mol. The second kappa shape index (κ2) is 7.43. The van der Waals surface area contributed by atoms with Crippen LogP contribution in [0.2, 0.25) is 0 Å². The van der Waals surface area contributed by atoms with Gasteiger partial charge in [-0.15, -0.1) is 0 Å². The number of benzene rings is 2. The van der Waals surface area contributed by atoms with Crippen molar-refractivity contribution in [2.75, 3.05) is 11.9 Å². The lowest BCUT2D eigenvalue weighted by Crippen LogP contribution is -2.15. The molecule has 0 spiro atoms. The topological polar surface area (TPSA) is 38.3 Å². The van der Waals surface area contributed by atoms with Crippen molar-refractivity contribution in [3.8, 4) is 5.75 Å². The third-order valence-corrected chi connectivity index (χ3v) is 3.06. The van der Waals surface area contributed by atoms with Crippen LogP contribution < -0.4 is 10.1 Å². The zero-order valence-corrected chi connectivity index (χ0v) is 11.9. The Labute approximate surface area is 123 Å². The van der Waals surface area contributed by atoms with Gasteiger partial charge in [0.25, 0.3) is 0 Å². The molecule has 0 saturated carbocycles. The minimum atomic E-state index is -0.327. The lowest BCUT2D eigenvalue weighted by molar-refractivity contribution is -0.116. The highest BCUT2D eigenvalue weighted by molar-refractivity contribution is 5.90. The van der Waals surface area contributed by atoms with Crippen LogP contribution in [0, 0.1) is 5.82 Å². The second-order valence-electron chi connectivity index (χ2n) is 4.65. The van der Waals surface area contributed by atoms with Crippen LogP contribution in [0.25, 0.3) is 0 Å². The van der Waals surface area contributed by atoms with Crippen molar-refractivity contribution in [1.82, 2.24) is 0 Å². The van der Waals surface area contributed by atoms with Gasteiger partial charge in [0.1, 0.15) is 11.6 Å². The molecule has 2 aromatic carbocycles. The van der Waals surface area contributed by atoms with Crippen LogP contribution in [0.5, 0.6) is 5.75 Å². The molecule has 0 bridgehead atoms. The largest absolute Gasteiger partial charge is 0.493 e. The van der Waals surface area contributed by atoms with Crippen molar-refractivity contribution in [3.05, 3.63) is 59.9 Å². The molecule has 0 fully saturated rings. The maximum atomic E-state index is 12.7. The Morgan fingerprint density at radius 2 is 1.76 bits per heavy atom. The molecule has 0 unspecified atom stereocenters. The molecular formula is C17H18FNO2. The van der Waals surface area contributed by atoms with E-state index in [1.165, 1.54) is 29.8 Å². The first-order valence-corrected chi connectivity index (χ1v) is 6.94. The molecule has 0 heterocycles. The number of rotatable bonds is 6. The average molecular weight is 287 g/mol. The summed E-state index contributed by atoms with van der Waals surface area (Å²) >= 11 is 0. The van der Waals surface area contributed by atoms with E-state index in [0.717, 1.165) is 12.2 Å². The third-order valence-electron chi connectivity index (χ3n) is 3.06. The van der Waals surface area contributed by atoms with Crippen LogP contribution in [-0.2, 0) is 11.2 Å². The van der Waals surface area contributed by atoms with Crippen molar-refractivity contribution >= 4 is 11.6 Å². The molecule has 0 aromatic heterocycles. The zero-order chi connectivity index (χ0) is 15.1. The Bertz CT molecular complexity index is 579. The van der Waals surface area contributed by atoms with Gasteiger partial charge in [0.2, 0.25) is 5.91 Å². The minimum Gasteiger partial charge on any atom is -0.493 e. The van der Waals surface area contributed by atoms with E-state index in [9.17, 15) is 9.18 Å². The van der Waals surface area contributed by atoms with E-state index in [-0.39, 0.29) is 18.1 Å². The van der Waals surface area contributed by atoms with Gasteiger partial charge in [-0.1, -0.05) is 19.1 Å². The number of anilines is 1. The Morgan fingerprint density at radius 3 is 2.38 bits per heavy atom. The van der Waals surface area contributed by atoms with Crippen LogP contribution >= 0.6 is 0 Å². The predicted octanol–water partition coefficient (Wildman–Crippen LogP) is 3.80. The zero-order valence-electron chi connectivity index (χ0n) is 11.9. The van der Waals surface area contributed by atoms with Gasteiger partial charge in [0.05, 0.1) is 13.0 Å². The fourth-order valence-electron chi connectivity index (χ4n) is 1.84. The molecule has 2 aromatic rings. The first-order valence-electron chi connectivity index (χ1n) is 6.94. The molecule has 1 amide bonds. The van der Waals surface area contributed by atoms with Crippen molar-refractivity contribution < 1.29 is 13.9 Å². The summed E-state index contributed by atoms with van der Waals surface area (Å²) in [5.74, 6) is 0.264. The summed E-state index contributed by atoms with van der Waals surface area (Å²) in [4.78, 5) is 11.7. The average Bonchev–Trinajstić information content (AvgIpc) is 2.50. The Kier molecular flexibility index (Phi) is 5.32. The molecule has 0 aliphatic rings. The highest BCUT2D eigenvalue weighted by Gasteiger charge is 2.03. The van der Waals surface area contributed by atoms with E-state index < -0.39 is 0 Å². The van der Waals surface area contributed by atoms with Crippen molar-refractivity contribution in [2.45, 2.75) is 19.8 Å². The molecule has 110 valence electrons. The summed E-state index contributed by atoms with van der Waals surface area (Å²) in [6, 6.07) is 13.5. The summed E-state index contributed by atoms with van der Waals surface area (Å²) in [6.07, 6.45) is 1.23. The van der Waals surface area contributed by atoms with Gasteiger partial charge < -0.3 is 10.1 Å². The number of carbonyl (C=O) groups excluding carboxylic acids is 1. The number of nitrogens with one attached hydrogen (secondary N) is 1. The van der Waals surface area contributed by atoms with Crippen LogP contribution in [0.15, 0.2) is 48.5 Å². The first-order chi connectivity index (χ1) is 10.2. The van der Waals surface area contributed by atoms with Crippen LogP contribution in [-0.4, -0.2) is 12.5 Å². The Hall–Kier alpha value is -2.36. The number of halogens is 1.